The number of hydrogen-bond donors (Lipinski definition) is 1. The van der Waals surface area contributed by atoms with E-state index < -0.39 is 29.8 Å². The van der Waals surface area contributed by atoms with Crippen LogP contribution in [0.2, 0.25) is 0 Å². The average molecular weight is 406 g/mol. The van der Waals surface area contributed by atoms with Crippen LogP contribution in [0, 0.1) is 17.8 Å². The molecule has 0 unspecified atom stereocenters. The van der Waals surface area contributed by atoms with Crippen molar-refractivity contribution in [3.05, 3.63) is 48.1 Å². The molecule has 1 aliphatic carbocycles. The largest absolute Gasteiger partial charge is 0.493 e. The summed E-state index contributed by atoms with van der Waals surface area (Å²) in [4.78, 5) is 27.2. The topological polar surface area (TPSA) is 76.1 Å². The summed E-state index contributed by atoms with van der Waals surface area (Å²) in [5.41, 5.74) is 0.703. The summed E-state index contributed by atoms with van der Waals surface area (Å²) in [5.74, 6) is -1.23. The number of amides is 1. The smallest absolute Gasteiger partial charge is 0.309 e. The second-order valence-electron chi connectivity index (χ2n) is 6.87. The molecule has 1 N–H and O–H groups in total. The predicted molar refractivity (Wildman–Crippen MR) is 106 cm³/mol. The lowest BCUT2D eigenvalue weighted by atomic mass is 9.69. The molecule has 150 valence electrons. The number of ether oxygens (including phenoxy) is 2. The summed E-state index contributed by atoms with van der Waals surface area (Å²) >= 11 is 5.87. The quantitative estimate of drug-likeness (QED) is 0.704. The molecule has 7 heteroatoms. The third-order valence-corrected chi connectivity index (χ3v) is 5.67. The van der Waals surface area contributed by atoms with Crippen LogP contribution in [0.5, 0.6) is 11.5 Å². The lowest BCUT2D eigenvalue weighted by molar-refractivity contribution is -0.158. The fourth-order valence-corrected chi connectivity index (χ4v) is 4.27. The Balaban J connectivity index is 2.11. The number of benzene rings is 1. The molecule has 1 amide bonds. The van der Waals surface area contributed by atoms with Crippen LogP contribution >= 0.6 is 11.6 Å². The molecule has 1 aliphatic heterocycles. The third-order valence-electron chi connectivity index (χ3n) is 5.40. The number of alkyl halides is 1. The zero-order valence-electron chi connectivity index (χ0n) is 15.9. The van der Waals surface area contributed by atoms with Gasteiger partial charge in [-0.3, -0.25) is 9.59 Å². The van der Waals surface area contributed by atoms with Crippen molar-refractivity contribution in [3.63, 3.8) is 0 Å². The first-order valence-corrected chi connectivity index (χ1v) is 9.73. The molecule has 2 aliphatic rings. The number of fused-ring (bicyclic) bond motifs is 1. The summed E-state index contributed by atoms with van der Waals surface area (Å²) in [6.45, 7) is 0.395. The highest BCUT2D eigenvalue weighted by Crippen LogP contribution is 2.46. The number of piperidine rings is 1. The lowest BCUT2D eigenvalue weighted by Crippen LogP contribution is -2.54. The maximum absolute atomic E-state index is 13.2. The van der Waals surface area contributed by atoms with E-state index in [1.54, 1.807) is 35.3 Å². The number of nitrogens with zero attached hydrogens (tertiary/aromatic N) is 1. The van der Waals surface area contributed by atoms with E-state index in [4.69, 9.17) is 21.1 Å². The maximum atomic E-state index is 13.2. The highest BCUT2D eigenvalue weighted by molar-refractivity contribution is 6.17. The zero-order valence-corrected chi connectivity index (χ0v) is 16.6. The van der Waals surface area contributed by atoms with Crippen LogP contribution in [0.4, 0.5) is 0 Å². The Bertz CT molecular complexity index is 806. The Kier molecular flexibility index (Phi) is 6.29. The van der Waals surface area contributed by atoms with Crippen molar-refractivity contribution in [1.29, 1.82) is 0 Å². The Hall–Kier alpha value is -2.47. The van der Waals surface area contributed by atoms with Gasteiger partial charge in [0.15, 0.2) is 11.5 Å². The van der Waals surface area contributed by atoms with Gasteiger partial charge in [-0.05, 0) is 24.1 Å². The first-order chi connectivity index (χ1) is 13.5. The van der Waals surface area contributed by atoms with E-state index in [1.165, 1.54) is 14.2 Å². The summed E-state index contributed by atoms with van der Waals surface area (Å²) in [7, 11) is 3.07. The molecule has 0 bridgehead atoms. The second-order valence-corrected chi connectivity index (χ2v) is 7.25. The van der Waals surface area contributed by atoms with Gasteiger partial charge in [-0.2, -0.15) is 0 Å². The van der Waals surface area contributed by atoms with Crippen molar-refractivity contribution in [3.8, 4) is 11.5 Å². The zero-order chi connectivity index (χ0) is 20.3. The number of likely N-dealkylation sites (tertiary alicyclic amines) is 1. The van der Waals surface area contributed by atoms with Crippen molar-refractivity contribution in [1.82, 2.24) is 4.90 Å². The maximum Gasteiger partial charge on any atom is 0.309 e. The number of methoxy groups -OCH3 is 2. The minimum atomic E-state index is -0.932. The van der Waals surface area contributed by atoms with Gasteiger partial charge in [0.25, 0.3) is 0 Å². The molecule has 0 aromatic heterocycles. The minimum absolute atomic E-state index is 0.0759. The molecule has 0 saturated carbocycles. The summed E-state index contributed by atoms with van der Waals surface area (Å²) in [6, 6.07) is 4.67. The van der Waals surface area contributed by atoms with Crippen LogP contribution < -0.4 is 9.47 Å². The SMILES string of the molecule is COc1ccc([C@@H]2[C@H](C(=O)O)[C@@H]3C=CC=C[C@@H]3C(=O)N2CCCCl)cc1OC. The first kappa shape index (κ1) is 20.3. The van der Waals surface area contributed by atoms with Gasteiger partial charge in [0.2, 0.25) is 5.91 Å². The molecule has 3 rings (SSSR count). The molecule has 1 aromatic carbocycles. The van der Waals surface area contributed by atoms with E-state index in [0.717, 1.165) is 0 Å². The van der Waals surface area contributed by atoms with Crippen LogP contribution in [-0.4, -0.2) is 48.5 Å². The number of hydrogen-bond acceptors (Lipinski definition) is 4. The molecule has 1 heterocycles. The summed E-state index contributed by atoms with van der Waals surface area (Å²) < 4.78 is 10.7. The van der Waals surface area contributed by atoms with E-state index in [-0.39, 0.29) is 5.91 Å². The lowest BCUT2D eigenvalue weighted by Gasteiger charge is -2.46. The Morgan fingerprint density at radius 2 is 1.89 bits per heavy atom. The van der Waals surface area contributed by atoms with Crippen LogP contribution in [0.15, 0.2) is 42.5 Å². The number of aliphatic carboxylic acids is 1. The van der Waals surface area contributed by atoms with E-state index in [0.29, 0.717) is 35.9 Å². The van der Waals surface area contributed by atoms with Crippen molar-refractivity contribution >= 4 is 23.5 Å². The summed E-state index contributed by atoms with van der Waals surface area (Å²) in [5, 5.41) is 10.1. The first-order valence-electron chi connectivity index (χ1n) is 9.19. The molecule has 1 saturated heterocycles. The van der Waals surface area contributed by atoms with Gasteiger partial charge < -0.3 is 19.5 Å². The average Bonchev–Trinajstić information content (AvgIpc) is 2.72. The van der Waals surface area contributed by atoms with Gasteiger partial charge in [0.1, 0.15) is 0 Å². The van der Waals surface area contributed by atoms with E-state index >= 15 is 0 Å². The van der Waals surface area contributed by atoms with Gasteiger partial charge in [-0.1, -0.05) is 30.4 Å². The Morgan fingerprint density at radius 3 is 2.54 bits per heavy atom. The van der Waals surface area contributed by atoms with Gasteiger partial charge in [-0.25, -0.2) is 0 Å². The molecule has 0 spiro atoms. The van der Waals surface area contributed by atoms with E-state index in [9.17, 15) is 14.7 Å². The molecule has 1 fully saturated rings. The standard InChI is InChI=1S/C21H24ClNO5/c1-27-16-9-8-13(12-17(16)28-2)19-18(21(25)26)14-6-3-4-7-15(14)20(24)23(19)11-5-10-22/h3-4,6-9,12,14-15,18-19H,5,10-11H2,1-2H3,(H,25,26)/t14-,15+,18-,19-/m1/s1. The van der Waals surface area contributed by atoms with Crippen LogP contribution in [0.25, 0.3) is 0 Å². The van der Waals surface area contributed by atoms with Crippen molar-refractivity contribution in [2.24, 2.45) is 17.8 Å². The second kappa shape index (κ2) is 8.69. The number of carboxylic acids is 1. The number of carbonyl (C=O) groups is 2. The normalized spacial score (nSPS) is 26.1. The molecule has 28 heavy (non-hydrogen) atoms. The third kappa shape index (κ3) is 3.61. The fourth-order valence-electron chi connectivity index (χ4n) is 4.15. The molecule has 6 nitrogen and oxygen atoms in total. The van der Waals surface area contributed by atoms with E-state index in [1.807, 2.05) is 12.2 Å². The predicted octanol–water partition coefficient (Wildman–Crippen LogP) is 3.28. The number of carboxylic acid groups (broad SMARTS) is 1. The van der Waals surface area contributed by atoms with Gasteiger partial charge >= 0.3 is 5.97 Å². The number of carbonyl (C=O) groups excluding carboxylic acids is 1. The Morgan fingerprint density at radius 1 is 1.18 bits per heavy atom. The van der Waals surface area contributed by atoms with Crippen LogP contribution in [0.3, 0.4) is 0 Å². The molecular weight excluding hydrogens is 382 g/mol. The number of rotatable bonds is 7. The Labute approximate surface area is 169 Å². The van der Waals surface area contributed by atoms with Gasteiger partial charge in [0, 0.05) is 18.3 Å². The van der Waals surface area contributed by atoms with Gasteiger partial charge in [0.05, 0.1) is 32.1 Å². The minimum Gasteiger partial charge on any atom is -0.493 e. The highest BCUT2D eigenvalue weighted by Gasteiger charge is 2.50. The fraction of sp³-hybridized carbons (Fsp3) is 0.429. The van der Waals surface area contributed by atoms with E-state index in [2.05, 4.69) is 0 Å². The molecule has 0 radical (unpaired) electrons. The molecule has 1 aromatic rings. The molecular formula is C21H24ClNO5. The van der Waals surface area contributed by atoms with Crippen LogP contribution in [-0.2, 0) is 9.59 Å². The van der Waals surface area contributed by atoms with Crippen molar-refractivity contribution < 1.29 is 24.2 Å². The summed E-state index contributed by atoms with van der Waals surface area (Å²) in [6.07, 6.45) is 7.81. The van der Waals surface area contributed by atoms with Gasteiger partial charge in [-0.15, -0.1) is 11.6 Å². The molecule has 4 atom stereocenters. The number of halogens is 1. The monoisotopic (exact) mass is 405 g/mol. The van der Waals surface area contributed by atoms with Crippen molar-refractivity contribution in [2.75, 3.05) is 26.6 Å². The number of allylic oxidation sites excluding steroid dienone is 3. The van der Waals surface area contributed by atoms with Crippen molar-refractivity contribution in [2.45, 2.75) is 12.5 Å². The highest BCUT2D eigenvalue weighted by atomic mass is 35.5. The van der Waals surface area contributed by atoms with Crippen LogP contribution in [0.1, 0.15) is 18.0 Å².